The van der Waals surface area contributed by atoms with E-state index in [1.54, 1.807) is 0 Å². The minimum Gasteiger partial charge on any atom is -0.394 e. The van der Waals surface area contributed by atoms with Crippen LogP contribution in [-0.4, -0.2) is 35.4 Å². The van der Waals surface area contributed by atoms with Gasteiger partial charge in [0.25, 0.3) is 5.91 Å². The summed E-state index contributed by atoms with van der Waals surface area (Å²) in [5, 5.41) is 17.1. The first-order chi connectivity index (χ1) is 5.57. The van der Waals surface area contributed by atoms with E-state index in [-0.39, 0.29) is 6.61 Å². The van der Waals surface area contributed by atoms with E-state index in [4.69, 9.17) is 10.2 Å². The van der Waals surface area contributed by atoms with Crippen molar-refractivity contribution in [2.24, 2.45) is 0 Å². The Kier molecular flexibility index (Phi) is 5.27. The molecule has 3 N–H and O–H groups in total. The molecule has 5 nitrogen and oxygen atoms in total. The maximum absolute atomic E-state index is 10.7. The maximum atomic E-state index is 10.7. The summed E-state index contributed by atoms with van der Waals surface area (Å²) in [6.07, 6.45) is -0.976. The van der Waals surface area contributed by atoms with Crippen LogP contribution in [0.2, 0.25) is 0 Å². The molecule has 0 rings (SSSR count). The Morgan fingerprint density at radius 3 is 2.75 bits per heavy atom. The lowest BCUT2D eigenvalue weighted by Gasteiger charge is -2.08. The van der Waals surface area contributed by atoms with Crippen LogP contribution in [0.25, 0.3) is 0 Å². The highest BCUT2D eigenvalue weighted by Gasteiger charge is 2.04. The van der Waals surface area contributed by atoms with Gasteiger partial charge >= 0.3 is 0 Å². The van der Waals surface area contributed by atoms with Gasteiger partial charge in [0.05, 0.1) is 6.61 Å². The second-order valence-electron chi connectivity index (χ2n) is 2.36. The monoisotopic (exact) mass is 175 g/mol. The zero-order valence-electron chi connectivity index (χ0n) is 6.91. The lowest BCUT2D eigenvalue weighted by Crippen LogP contribution is -2.30. The van der Waals surface area contributed by atoms with Crippen molar-refractivity contribution in [1.82, 2.24) is 5.48 Å². The molecule has 0 aromatic rings. The largest absolute Gasteiger partial charge is 0.394 e. The van der Waals surface area contributed by atoms with Crippen LogP contribution in [-0.2, 0) is 9.63 Å². The Morgan fingerprint density at radius 2 is 2.33 bits per heavy atom. The number of hydrogen-bond acceptors (Lipinski definition) is 4. The van der Waals surface area contributed by atoms with Gasteiger partial charge in [-0.3, -0.25) is 9.63 Å². The molecule has 0 aliphatic carbocycles. The molecule has 12 heavy (non-hydrogen) atoms. The number of hydroxylamine groups is 1. The van der Waals surface area contributed by atoms with E-state index in [2.05, 4.69) is 11.4 Å². The molecule has 0 fully saturated rings. The van der Waals surface area contributed by atoms with Gasteiger partial charge in [0, 0.05) is 5.57 Å². The number of aliphatic hydroxyl groups is 2. The van der Waals surface area contributed by atoms with Gasteiger partial charge in [-0.25, -0.2) is 5.48 Å². The van der Waals surface area contributed by atoms with Gasteiger partial charge in [-0.1, -0.05) is 6.58 Å². The third-order valence-electron chi connectivity index (χ3n) is 1.04. The molecule has 1 atom stereocenters. The van der Waals surface area contributed by atoms with E-state index in [0.717, 1.165) is 0 Å². The molecule has 0 heterocycles. The molecule has 1 unspecified atom stereocenters. The first-order valence-electron chi connectivity index (χ1n) is 3.44. The second kappa shape index (κ2) is 5.70. The van der Waals surface area contributed by atoms with E-state index in [9.17, 15) is 4.79 Å². The predicted molar refractivity (Wildman–Crippen MR) is 42.0 cm³/mol. The van der Waals surface area contributed by atoms with Crippen molar-refractivity contribution in [3.05, 3.63) is 12.2 Å². The molecule has 0 aromatic heterocycles. The predicted octanol–water partition coefficient (Wildman–Crippen LogP) is -1.04. The Hall–Kier alpha value is -0.910. The van der Waals surface area contributed by atoms with Gasteiger partial charge < -0.3 is 10.2 Å². The third kappa shape index (κ3) is 4.84. The van der Waals surface area contributed by atoms with Crippen LogP contribution in [0.5, 0.6) is 0 Å². The van der Waals surface area contributed by atoms with Gasteiger partial charge in [-0.2, -0.15) is 0 Å². The number of aliphatic hydroxyl groups excluding tert-OH is 2. The van der Waals surface area contributed by atoms with Crippen LogP contribution in [0.4, 0.5) is 0 Å². The van der Waals surface area contributed by atoms with Gasteiger partial charge in [-0.15, -0.1) is 0 Å². The summed E-state index contributed by atoms with van der Waals surface area (Å²) in [5.41, 5.74) is 2.35. The summed E-state index contributed by atoms with van der Waals surface area (Å²) in [4.78, 5) is 15.3. The number of rotatable bonds is 5. The molecule has 0 radical (unpaired) electrons. The fraction of sp³-hybridized carbons (Fsp3) is 0.571. The van der Waals surface area contributed by atoms with Crippen molar-refractivity contribution in [2.75, 3.05) is 13.2 Å². The fourth-order valence-electron chi connectivity index (χ4n) is 0.343. The zero-order chi connectivity index (χ0) is 9.56. The molecule has 0 aliphatic rings. The van der Waals surface area contributed by atoms with Crippen molar-refractivity contribution in [3.8, 4) is 0 Å². The van der Waals surface area contributed by atoms with Crippen LogP contribution in [0.1, 0.15) is 6.92 Å². The molecule has 0 saturated heterocycles. The van der Waals surface area contributed by atoms with E-state index in [1.165, 1.54) is 6.92 Å². The third-order valence-corrected chi connectivity index (χ3v) is 1.04. The molecule has 0 saturated carbocycles. The van der Waals surface area contributed by atoms with Crippen molar-refractivity contribution >= 4 is 5.91 Å². The minimum atomic E-state index is -0.976. The molecule has 70 valence electrons. The highest BCUT2D eigenvalue weighted by Crippen LogP contribution is 1.86. The topological polar surface area (TPSA) is 78.8 Å². The number of carbonyl (C=O) groups is 1. The average Bonchev–Trinajstić information content (AvgIpc) is 2.03. The van der Waals surface area contributed by atoms with Crippen LogP contribution >= 0.6 is 0 Å². The smallest absolute Gasteiger partial charge is 0.269 e. The zero-order valence-corrected chi connectivity index (χ0v) is 6.91. The van der Waals surface area contributed by atoms with Crippen molar-refractivity contribution < 1.29 is 19.8 Å². The first kappa shape index (κ1) is 11.1. The van der Waals surface area contributed by atoms with Crippen LogP contribution in [0.3, 0.4) is 0 Å². The second-order valence-corrected chi connectivity index (χ2v) is 2.36. The molecule has 0 aliphatic heterocycles. The van der Waals surface area contributed by atoms with E-state index in [1.807, 2.05) is 5.48 Å². The van der Waals surface area contributed by atoms with Crippen molar-refractivity contribution in [2.45, 2.75) is 13.0 Å². The summed E-state index contributed by atoms with van der Waals surface area (Å²) in [7, 11) is 0. The quantitative estimate of drug-likeness (QED) is 0.368. The first-order valence-corrected chi connectivity index (χ1v) is 3.44. The van der Waals surface area contributed by atoms with E-state index < -0.39 is 18.6 Å². The number of carbonyl (C=O) groups excluding carboxylic acids is 1. The Labute approximate surface area is 70.6 Å². The van der Waals surface area contributed by atoms with Crippen LogP contribution in [0, 0.1) is 0 Å². The lowest BCUT2D eigenvalue weighted by molar-refractivity contribution is -0.132. The van der Waals surface area contributed by atoms with Crippen molar-refractivity contribution in [3.63, 3.8) is 0 Å². The highest BCUT2D eigenvalue weighted by molar-refractivity contribution is 5.91. The Morgan fingerprint density at radius 1 is 1.75 bits per heavy atom. The molecular weight excluding hydrogens is 162 g/mol. The summed E-state index contributed by atoms with van der Waals surface area (Å²) < 4.78 is 0. The highest BCUT2D eigenvalue weighted by atomic mass is 16.7. The maximum Gasteiger partial charge on any atom is 0.269 e. The summed E-state index contributed by atoms with van der Waals surface area (Å²) in [6.45, 7) is 4.35. The summed E-state index contributed by atoms with van der Waals surface area (Å²) >= 11 is 0. The standard InChI is InChI=1S/C7H13NO4/c1-5(2)7(11)8-12-4-6(10)3-9/h6,9-10H,1,3-4H2,2H3,(H,8,11). The summed E-state index contributed by atoms with van der Waals surface area (Å²) in [6, 6.07) is 0. The van der Waals surface area contributed by atoms with Gasteiger partial charge in [0.2, 0.25) is 0 Å². The van der Waals surface area contributed by atoms with Gasteiger partial charge in [0.15, 0.2) is 0 Å². The van der Waals surface area contributed by atoms with Crippen LogP contribution in [0.15, 0.2) is 12.2 Å². The molecule has 0 aromatic carbocycles. The Bertz CT molecular complexity index is 169. The Balaban J connectivity index is 3.44. The molecule has 5 heteroatoms. The average molecular weight is 175 g/mol. The van der Waals surface area contributed by atoms with Gasteiger partial charge in [-0.05, 0) is 6.92 Å². The molecular formula is C7H13NO4. The van der Waals surface area contributed by atoms with Crippen LogP contribution < -0.4 is 5.48 Å². The normalized spacial score (nSPS) is 12.2. The molecule has 1 amide bonds. The number of hydrogen-bond donors (Lipinski definition) is 3. The summed E-state index contributed by atoms with van der Waals surface area (Å²) in [5.74, 6) is -0.444. The SMILES string of the molecule is C=C(C)C(=O)NOCC(O)CO. The van der Waals surface area contributed by atoms with E-state index >= 15 is 0 Å². The minimum absolute atomic E-state index is 0.143. The van der Waals surface area contributed by atoms with Gasteiger partial charge in [0.1, 0.15) is 12.7 Å². The fourth-order valence-corrected chi connectivity index (χ4v) is 0.343. The lowest BCUT2D eigenvalue weighted by atomic mass is 10.3. The molecule has 0 bridgehead atoms. The van der Waals surface area contributed by atoms with E-state index in [0.29, 0.717) is 5.57 Å². The number of nitrogens with one attached hydrogen (secondary N) is 1. The van der Waals surface area contributed by atoms with Crippen molar-refractivity contribution in [1.29, 1.82) is 0 Å². The number of amides is 1. The molecule has 0 spiro atoms.